The van der Waals surface area contributed by atoms with Crippen molar-refractivity contribution in [2.75, 3.05) is 19.5 Å². The molecule has 2 aromatic rings. The van der Waals surface area contributed by atoms with Gasteiger partial charge in [-0.15, -0.1) is 0 Å². The van der Waals surface area contributed by atoms with Crippen molar-refractivity contribution in [2.45, 2.75) is 24.7 Å². The molecule has 8 nitrogen and oxygen atoms in total. The summed E-state index contributed by atoms with van der Waals surface area (Å²) in [5, 5.41) is 2.71. The molecule has 9 heteroatoms. The van der Waals surface area contributed by atoms with E-state index in [1.54, 1.807) is 20.3 Å². The van der Waals surface area contributed by atoms with Gasteiger partial charge in [0, 0.05) is 19.0 Å². The minimum atomic E-state index is -3.90. The second-order valence-electron chi connectivity index (χ2n) is 5.92. The summed E-state index contributed by atoms with van der Waals surface area (Å²) in [4.78, 5) is 23.0. The maximum atomic E-state index is 12.1. The zero-order valence-corrected chi connectivity index (χ0v) is 16.6. The van der Waals surface area contributed by atoms with Crippen LogP contribution in [0.15, 0.2) is 47.4 Å². The molecule has 0 aliphatic heterocycles. The van der Waals surface area contributed by atoms with Gasteiger partial charge in [-0.25, -0.2) is 13.1 Å². The van der Waals surface area contributed by atoms with Crippen LogP contribution in [-0.2, 0) is 26.0 Å². The van der Waals surface area contributed by atoms with Crippen molar-refractivity contribution in [3.63, 3.8) is 0 Å². The summed E-state index contributed by atoms with van der Waals surface area (Å²) in [5.74, 6) is 0.321. The number of carbonyl (C=O) groups excluding carboxylic acids is 2. The predicted molar refractivity (Wildman–Crippen MR) is 104 cm³/mol. The summed E-state index contributed by atoms with van der Waals surface area (Å²) >= 11 is 0. The zero-order valence-electron chi connectivity index (χ0n) is 15.8. The van der Waals surface area contributed by atoms with E-state index >= 15 is 0 Å². The Morgan fingerprint density at radius 3 is 2.18 bits per heavy atom. The number of nitrogens with one attached hydrogen (secondary N) is 2. The van der Waals surface area contributed by atoms with Gasteiger partial charge < -0.3 is 14.8 Å². The molecule has 0 fully saturated rings. The highest BCUT2D eigenvalue weighted by Gasteiger charge is 2.15. The lowest BCUT2D eigenvalue weighted by Crippen LogP contribution is -2.28. The summed E-state index contributed by atoms with van der Waals surface area (Å²) in [7, 11) is -0.799. The molecule has 0 aliphatic rings. The number of methoxy groups -OCH3 is 2. The van der Waals surface area contributed by atoms with Crippen molar-refractivity contribution in [3.8, 4) is 11.5 Å². The Hall–Kier alpha value is -3.07. The van der Waals surface area contributed by atoms with E-state index in [9.17, 15) is 18.0 Å². The van der Waals surface area contributed by atoms with Crippen molar-refractivity contribution in [2.24, 2.45) is 0 Å². The average molecular weight is 406 g/mol. The third-order valence-electron chi connectivity index (χ3n) is 3.82. The number of sulfonamides is 1. The molecule has 2 N–H and O–H groups in total. The van der Waals surface area contributed by atoms with Gasteiger partial charge in [0.25, 0.3) is 10.0 Å². The molecular weight excluding hydrogens is 384 g/mol. The van der Waals surface area contributed by atoms with Crippen molar-refractivity contribution in [3.05, 3.63) is 48.0 Å². The lowest BCUT2D eigenvalue weighted by atomic mass is 10.1. The van der Waals surface area contributed by atoms with Crippen LogP contribution < -0.4 is 19.5 Å². The molecule has 0 unspecified atom stereocenters. The monoisotopic (exact) mass is 406 g/mol. The van der Waals surface area contributed by atoms with Gasteiger partial charge in [0.1, 0.15) is 0 Å². The second-order valence-corrected chi connectivity index (χ2v) is 7.61. The fraction of sp³-hybridized carbons (Fsp3) is 0.263. The molecule has 0 saturated carbocycles. The average Bonchev–Trinajstić information content (AvgIpc) is 2.65. The van der Waals surface area contributed by atoms with Crippen LogP contribution in [0.3, 0.4) is 0 Å². The van der Waals surface area contributed by atoms with E-state index in [0.717, 1.165) is 12.5 Å². The van der Waals surface area contributed by atoms with Crippen LogP contribution in [0.25, 0.3) is 0 Å². The highest BCUT2D eigenvalue weighted by Crippen LogP contribution is 2.28. The SMILES string of the molecule is COc1ccc(CCC(=O)Nc2ccc(S(=O)(=O)NC(C)=O)cc2)cc1OC. The quantitative estimate of drug-likeness (QED) is 0.695. The van der Waals surface area contributed by atoms with Crippen LogP contribution in [0, 0.1) is 0 Å². The molecule has 2 amide bonds. The first-order valence-electron chi connectivity index (χ1n) is 8.39. The molecule has 0 heterocycles. The molecule has 0 spiro atoms. The summed E-state index contributed by atoms with van der Waals surface area (Å²) in [5.41, 5.74) is 1.38. The Balaban J connectivity index is 1.95. The maximum Gasteiger partial charge on any atom is 0.264 e. The molecule has 2 rings (SSSR count). The van der Waals surface area contributed by atoms with E-state index in [-0.39, 0.29) is 17.2 Å². The van der Waals surface area contributed by atoms with Crippen LogP contribution >= 0.6 is 0 Å². The normalized spacial score (nSPS) is 10.8. The first-order valence-corrected chi connectivity index (χ1v) is 9.87. The molecule has 0 aromatic heterocycles. The maximum absolute atomic E-state index is 12.1. The Bertz CT molecular complexity index is 955. The lowest BCUT2D eigenvalue weighted by molar-refractivity contribution is -0.117. The van der Waals surface area contributed by atoms with E-state index < -0.39 is 15.9 Å². The number of aryl methyl sites for hydroxylation is 1. The Labute approximate surface area is 163 Å². The van der Waals surface area contributed by atoms with E-state index in [2.05, 4.69) is 5.32 Å². The number of rotatable bonds is 8. The third-order valence-corrected chi connectivity index (χ3v) is 5.26. The molecule has 0 atom stereocenters. The number of ether oxygens (including phenoxy) is 2. The smallest absolute Gasteiger partial charge is 0.264 e. The highest BCUT2D eigenvalue weighted by atomic mass is 32.2. The minimum Gasteiger partial charge on any atom is -0.493 e. The first-order chi connectivity index (χ1) is 13.2. The first kappa shape index (κ1) is 21.2. The number of hydrogen-bond acceptors (Lipinski definition) is 6. The van der Waals surface area contributed by atoms with Crippen LogP contribution in [0.4, 0.5) is 5.69 Å². The van der Waals surface area contributed by atoms with Gasteiger partial charge in [-0.1, -0.05) is 6.07 Å². The molecule has 150 valence electrons. The van der Waals surface area contributed by atoms with E-state index in [0.29, 0.717) is 23.6 Å². The van der Waals surface area contributed by atoms with Gasteiger partial charge in [0.15, 0.2) is 11.5 Å². The van der Waals surface area contributed by atoms with Gasteiger partial charge in [-0.3, -0.25) is 9.59 Å². The molecular formula is C19H22N2O6S. The second kappa shape index (κ2) is 9.23. The third kappa shape index (κ3) is 5.71. The molecule has 0 aliphatic carbocycles. The van der Waals surface area contributed by atoms with Crippen LogP contribution in [0.2, 0.25) is 0 Å². The van der Waals surface area contributed by atoms with Gasteiger partial charge in [-0.2, -0.15) is 0 Å². The molecule has 28 heavy (non-hydrogen) atoms. The van der Waals surface area contributed by atoms with Gasteiger partial charge in [0.05, 0.1) is 19.1 Å². The van der Waals surface area contributed by atoms with E-state index in [1.165, 1.54) is 24.3 Å². The molecule has 0 radical (unpaired) electrons. The minimum absolute atomic E-state index is 0.0639. The van der Waals surface area contributed by atoms with Crippen molar-refractivity contribution < 1.29 is 27.5 Å². The van der Waals surface area contributed by atoms with Crippen LogP contribution in [0.1, 0.15) is 18.9 Å². The van der Waals surface area contributed by atoms with Crippen molar-refractivity contribution in [1.82, 2.24) is 4.72 Å². The van der Waals surface area contributed by atoms with E-state index in [1.807, 2.05) is 16.9 Å². The van der Waals surface area contributed by atoms with Crippen molar-refractivity contribution in [1.29, 1.82) is 0 Å². The number of carbonyl (C=O) groups is 2. The number of benzene rings is 2. The van der Waals surface area contributed by atoms with Gasteiger partial charge in [0.2, 0.25) is 11.8 Å². The predicted octanol–water partition coefficient (Wildman–Crippen LogP) is 2.10. The van der Waals surface area contributed by atoms with E-state index in [4.69, 9.17) is 9.47 Å². The number of amides is 2. The molecule has 2 aromatic carbocycles. The zero-order chi connectivity index (χ0) is 20.7. The van der Waals surface area contributed by atoms with Crippen molar-refractivity contribution >= 4 is 27.5 Å². The highest BCUT2D eigenvalue weighted by molar-refractivity contribution is 7.90. The molecule has 0 saturated heterocycles. The summed E-state index contributed by atoms with van der Waals surface area (Å²) in [6.45, 7) is 1.12. The topological polar surface area (TPSA) is 111 Å². The van der Waals surface area contributed by atoms with Gasteiger partial charge in [-0.05, 0) is 48.4 Å². The van der Waals surface area contributed by atoms with Gasteiger partial charge >= 0.3 is 0 Å². The standard InChI is InChI=1S/C19H22N2O6S/c1-13(22)21-28(24,25)16-8-6-15(7-9-16)20-19(23)11-5-14-4-10-17(26-2)18(12-14)27-3/h4,6-10,12H,5,11H2,1-3H3,(H,20,23)(H,21,22). The largest absolute Gasteiger partial charge is 0.493 e. The fourth-order valence-corrected chi connectivity index (χ4v) is 3.47. The summed E-state index contributed by atoms with van der Waals surface area (Å²) in [6, 6.07) is 11.0. The number of anilines is 1. The Morgan fingerprint density at radius 1 is 0.964 bits per heavy atom. The summed E-state index contributed by atoms with van der Waals surface area (Å²) < 4.78 is 36.1. The summed E-state index contributed by atoms with van der Waals surface area (Å²) in [6.07, 6.45) is 0.739. The number of hydrogen-bond donors (Lipinski definition) is 2. The van der Waals surface area contributed by atoms with Crippen LogP contribution in [0.5, 0.6) is 11.5 Å². The Kier molecular flexibility index (Phi) is 7.00. The Morgan fingerprint density at radius 2 is 1.61 bits per heavy atom. The fourth-order valence-electron chi connectivity index (χ4n) is 2.48. The van der Waals surface area contributed by atoms with Crippen LogP contribution in [-0.4, -0.2) is 34.5 Å². The lowest BCUT2D eigenvalue weighted by Gasteiger charge is -2.10. The molecule has 0 bridgehead atoms.